The van der Waals surface area contributed by atoms with Crippen molar-refractivity contribution in [2.75, 3.05) is 18.0 Å². The molecule has 0 spiro atoms. The van der Waals surface area contributed by atoms with Crippen molar-refractivity contribution in [3.63, 3.8) is 0 Å². The van der Waals surface area contributed by atoms with Gasteiger partial charge in [-0.25, -0.2) is 9.78 Å². The van der Waals surface area contributed by atoms with Crippen LogP contribution >= 0.6 is 0 Å². The predicted octanol–water partition coefficient (Wildman–Crippen LogP) is 3.53. The van der Waals surface area contributed by atoms with Gasteiger partial charge in [0.05, 0.1) is 6.04 Å². The fraction of sp³-hybridized carbons (Fsp3) is 0.611. The second-order valence-corrected chi connectivity index (χ2v) is 7.08. The number of ether oxygens (including phenoxy) is 1. The molecule has 0 aromatic carbocycles. The number of aromatic nitrogens is 1. The third kappa shape index (κ3) is 4.46. The van der Waals surface area contributed by atoms with Crippen LogP contribution in [0.3, 0.4) is 0 Å². The van der Waals surface area contributed by atoms with Crippen molar-refractivity contribution in [1.29, 1.82) is 0 Å². The summed E-state index contributed by atoms with van der Waals surface area (Å²) in [7, 11) is 0. The van der Waals surface area contributed by atoms with Gasteiger partial charge in [-0.3, -0.25) is 9.69 Å². The molecule has 0 saturated carbocycles. The highest BCUT2D eigenvalue weighted by Gasteiger charge is 2.26. The molecular formula is C18H27N3O3. The summed E-state index contributed by atoms with van der Waals surface area (Å²) >= 11 is 0. The molecule has 2 heterocycles. The minimum Gasteiger partial charge on any atom is -0.443 e. The maximum absolute atomic E-state index is 12.4. The number of rotatable bonds is 5. The summed E-state index contributed by atoms with van der Waals surface area (Å²) in [6, 6.07) is 3.86. The highest BCUT2D eigenvalue weighted by molar-refractivity contribution is 5.86. The molecule has 1 atom stereocenters. The fourth-order valence-electron chi connectivity index (χ4n) is 2.87. The van der Waals surface area contributed by atoms with Crippen LogP contribution in [0.5, 0.6) is 0 Å². The molecule has 132 valence electrons. The molecule has 24 heavy (non-hydrogen) atoms. The zero-order chi connectivity index (χ0) is 17.7. The van der Waals surface area contributed by atoms with Crippen LogP contribution in [0.25, 0.3) is 0 Å². The van der Waals surface area contributed by atoms with Crippen molar-refractivity contribution in [2.24, 2.45) is 0 Å². The Morgan fingerprint density at radius 2 is 2.21 bits per heavy atom. The van der Waals surface area contributed by atoms with Crippen molar-refractivity contribution in [2.45, 2.75) is 58.6 Å². The molecule has 2 rings (SSSR count). The van der Waals surface area contributed by atoms with Crippen LogP contribution < -0.4 is 4.90 Å². The Labute approximate surface area is 143 Å². The number of carbonyl (C=O) groups excluding carboxylic acids is 2. The van der Waals surface area contributed by atoms with Gasteiger partial charge < -0.3 is 9.64 Å². The van der Waals surface area contributed by atoms with Gasteiger partial charge in [0.25, 0.3) is 0 Å². The minimum atomic E-state index is -0.544. The number of likely N-dealkylation sites (tertiary alicyclic amines) is 1. The summed E-state index contributed by atoms with van der Waals surface area (Å²) in [5.41, 5.74) is 0.459. The molecule has 1 aliphatic rings. The van der Waals surface area contributed by atoms with Crippen molar-refractivity contribution >= 4 is 18.3 Å². The number of nitrogens with zero attached hydrogens (tertiary/aromatic N) is 3. The fourth-order valence-corrected chi connectivity index (χ4v) is 2.87. The molecule has 6 nitrogen and oxygen atoms in total. The number of anilines is 1. The van der Waals surface area contributed by atoms with Crippen molar-refractivity contribution < 1.29 is 14.3 Å². The molecule has 1 fully saturated rings. The Bertz CT molecular complexity index is 566. The zero-order valence-corrected chi connectivity index (χ0v) is 15.0. The van der Waals surface area contributed by atoms with E-state index in [-0.39, 0.29) is 12.1 Å². The van der Waals surface area contributed by atoms with Crippen molar-refractivity contribution in [3.05, 3.63) is 23.9 Å². The average Bonchev–Trinajstić information content (AvgIpc) is 2.99. The smallest absolute Gasteiger partial charge is 0.416 e. The Hall–Kier alpha value is -2.11. The average molecular weight is 333 g/mol. The molecule has 2 amide bonds. The quantitative estimate of drug-likeness (QED) is 0.773. The number of hydrogen-bond acceptors (Lipinski definition) is 4. The van der Waals surface area contributed by atoms with E-state index in [2.05, 4.69) is 4.98 Å². The lowest BCUT2D eigenvalue weighted by Gasteiger charge is -2.27. The van der Waals surface area contributed by atoms with Crippen LogP contribution in [0.2, 0.25) is 0 Å². The van der Waals surface area contributed by atoms with Gasteiger partial charge in [-0.15, -0.1) is 0 Å². The first kappa shape index (κ1) is 18.2. The lowest BCUT2D eigenvalue weighted by Crippen LogP contribution is -2.37. The summed E-state index contributed by atoms with van der Waals surface area (Å²) < 4.78 is 5.46. The summed E-state index contributed by atoms with van der Waals surface area (Å²) in [6.45, 7) is 8.88. The van der Waals surface area contributed by atoms with Gasteiger partial charge in [-0.2, -0.15) is 0 Å². The van der Waals surface area contributed by atoms with Crippen LogP contribution in [0.15, 0.2) is 18.3 Å². The normalized spacial score (nSPS) is 17.7. The summed E-state index contributed by atoms with van der Waals surface area (Å²) in [4.78, 5) is 31.3. The molecule has 1 unspecified atom stereocenters. The van der Waals surface area contributed by atoms with Crippen molar-refractivity contribution in [3.8, 4) is 0 Å². The van der Waals surface area contributed by atoms with Gasteiger partial charge in [0.1, 0.15) is 11.4 Å². The van der Waals surface area contributed by atoms with Gasteiger partial charge in [-0.05, 0) is 51.7 Å². The Morgan fingerprint density at radius 3 is 2.75 bits per heavy atom. The first-order valence-corrected chi connectivity index (χ1v) is 8.53. The summed E-state index contributed by atoms with van der Waals surface area (Å²) in [5.74, 6) is 0.575. The van der Waals surface area contributed by atoms with Gasteiger partial charge in [0, 0.05) is 19.3 Å². The summed E-state index contributed by atoms with van der Waals surface area (Å²) in [5, 5.41) is 0. The predicted molar refractivity (Wildman–Crippen MR) is 92.9 cm³/mol. The van der Waals surface area contributed by atoms with E-state index >= 15 is 0 Å². The summed E-state index contributed by atoms with van der Waals surface area (Å²) in [6.07, 6.45) is 5.03. The Morgan fingerprint density at radius 1 is 1.46 bits per heavy atom. The second-order valence-electron chi connectivity index (χ2n) is 7.08. The first-order valence-electron chi connectivity index (χ1n) is 8.53. The van der Waals surface area contributed by atoms with E-state index in [1.54, 1.807) is 16.0 Å². The molecule has 1 aliphatic heterocycles. The van der Waals surface area contributed by atoms with E-state index in [0.717, 1.165) is 37.8 Å². The monoisotopic (exact) mass is 333 g/mol. The Balaban J connectivity index is 2.16. The molecule has 1 aromatic rings. The third-order valence-corrected chi connectivity index (χ3v) is 3.92. The molecule has 1 saturated heterocycles. The molecule has 0 aliphatic carbocycles. The van der Waals surface area contributed by atoms with E-state index < -0.39 is 5.60 Å². The molecule has 0 bridgehead atoms. The topological polar surface area (TPSA) is 62.7 Å². The minimum absolute atomic E-state index is 0.0881. The van der Waals surface area contributed by atoms with E-state index in [1.807, 2.05) is 39.8 Å². The first-order chi connectivity index (χ1) is 11.4. The zero-order valence-electron chi connectivity index (χ0n) is 15.0. The molecule has 1 aromatic heterocycles. The number of pyridine rings is 1. The Kier molecular flexibility index (Phi) is 5.80. The number of carbonyl (C=O) groups is 2. The van der Waals surface area contributed by atoms with E-state index in [4.69, 9.17) is 4.74 Å². The number of amides is 2. The van der Waals surface area contributed by atoms with E-state index in [0.29, 0.717) is 12.4 Å². The van der Waals surface area contributed by atoms with Crippen LogP contribution in [-0.4, -0.2) is 41.1 Å². The largest absolute Gasteiger partial charge is 0.443 e. The number of hydrogen-bond donors (Lipinski definition) is 0. The lowest BCUT2D eigenvalue weighted by atomic mass is 10.1. The van der Waals surface area contributed by atoms with Gasteiger partial charge in [0.2, 0.25) is 6.41 Å². The standard InChI is InChI=1S/C18H27N3O3/c1-5-10-21(17(23)24-18(2,3)4)16-9-8-14(12-19-16)15-7-6-11-20(15)13-22/h8-9,12-13,15H,5-7,10-11H2,1-4H3. The third-order valence-electron chi connectivity index (χ3n) is 3.92. The van der Waals surface area contributed by atoms with Crippen LogP contribution in [0.1, 0.15) is 58.6 Å². The van der Waals surface area contributed by atoms with E-state index in [1.165, 1.54) is 0 Å². The molecular weight excluding hydrogens is 306 g/mol. The lowest BCUT2D eigenvalue weighted by molar-refractivity contribution is -0.118. The van der Waals surface area contributed by atoms with Gasteiger partial charge >= 0.3 is 6.09 Å². The highest BCUT2D eigenvalue weighted by atomic mass is 16.6. The maximum atomic E-state index is 12.4. The van der Waals surface area contributed by atoms with Gasteiger partial charge in [-0.1, -0.05) is 13.0 Å². The molecule has 0 radical (unpaired) electrons. The highest BCUT2D eigenvalue weighted by Crippen LogP contribution is 2.30. The van der Waals surface area contributed by atoms with Crippen LogP contribution in [0, 0.1) is 0 Å². The van der Waals surface area contributed by atoms with Gasteiger partial charge in [0.15, 0.2) is 0 Å². The molecule has 0 N–H and O–H groups in total. The van der Waals surface area contributed by atoms with Crippen LogP contribution in [0.4, 0.5) is 10.6 Å². The van der Waals surface area contributed by atoms with Crippen LogP contribution in [-0.2, 0) is 9.53 Å². The second kappa shape index (κ2) is 7.64. The molecule has 6 heteroatoms. The van der Waals surface area contributed by atoms with E-state index in [9.17, 15) is 9.59 Å². The van der Waals surface area contributed by atoms with Crippen molar-refractivity contribution in [1.82, 2.24) is 9.88 Å². The SMILES string of the molecule is CCCN(C(=O)OC(C)(C)C)c1ccc(C2CCCN2C=O)cn1. The maximum Gasteiger partial charge on any atom is 0.416 e.